The number of aryl methyl sites for hydroxylation is 1. The molecule has 4 heteroatoms. The number of nitrogens with one attached hydrogen (secondary N) is 1. The average Bonchev–Trinajstić information content (AvgIpc) is 2.99. The van der Waals surface area contributed by atoms with Crippen molar-refractivity contribution in [3.63, 3.8) is 0 Å². The van der Waals surface area contributed by atoms with Crippen molar-refractivity contribution in [2.45, 2.75) is 52.1 Å². The van der Waals surface area contributed by atoms with Gasteiger partial charge in [-0.2, -0.15) is 0 Å². The van der Waals surface area contributed by atoms with Gasteiger partial charge >= 0.3 is 0 Å². The van der Waals surface area contributed by atoms with Crippen LogP contribution in [0.3, 0.4) is 0 Å². The lowest BCUT2D eigenvalue weighted by Gasteiger charge is -2.35. The van der Waals surface area contributed by atoms with E-state index in [0.29, 0.717) is 6.04 Å². The molecule has 4 nitrogen and oxygen atoms in total. The summed E-state index contributed by atoms with van der Waals surface area (Å²) < 4.78 is 2.17. The van der Waals surface area contributed by atoms with Crippen LogP contribution in [0, 0.1) is 5.92 Å². The minimum atomic E-state index is 0.683. The zero-order chi connectivity index (χ0) is 14.2. The van der Waals surface area contributed by atoms with Gasteiger partial charge in [0.05, 0.1) is 6.33 Å². The normalized spacial score (nSPS) is 19.3. The maximum atomic E-state index is 4.08. The quantitative estimate of drug-likeness (QED) is 0.792. The molecule has 0 spiro atoms. The third-order valence-corrected chi connectivity index (χ3v) is 4.51. The van der Waals surface area contributed by atoms with Gasteiger partial charge in [-0.25, -0.2) is 4.98 Å². The Morgan fingerprint density at radius 2 is 2.10 bits per heavy atom. The van der Waals surface area contributed by atoms with Crippen LogP contribution < -0.4 is 5.32 Å². The van der Waals surface area contributed by atoms with Crippen LogP contribution in [0.15, 0.2) is 18.7 Å². The van der Waals surface area contributed by atoms with Gasteiger partial charge < -0.3 is 14.8 Å². The topological polar surface area (TPSA) is 33.1 Å². The molecule has 1 saturated heterocycles. The standard InChI is InChI=1S/C16H30N4/c1-3-7-18-15(2)16-5-11-19(12-6-16)9-4-10-20-13-8-17-14-20/h8,13-16,18H,3-7,9-12H2,1-2H3. The van der Waals surface area contributed by atoms with Gasteiger partial charge in [0.2, 0.25) is 0 Å². The maximum Gasteiger partial charge on any atom is 0.0945 e. The molecule has 0 radical (unpaired) electrons. The highest BCUT2D eigenvalue weighted by molar-refractivity contribution is 4.80. The molecule has 114 valence electrons. The Balaban J connectivity index is 1.59. The molecule has 1 fully saturated rings. The third-order valence-electron chi connectivity index (χ3n) is 4.51. The fourth-order valence-electron chi connectivity index (χ4n) is 3.11. The largest absolute Gasteiger partial charge is 0.337 e. The molecule has 0 amide bonds. The number of likely N-dealkylation sites (tertiary alicyclic amines) is 1. The van der Waals surface area contributed by atoms with Gasteiger partial charge in [-0.3, -0.25) is 0 Å². The van der Waals surface area contributed by atoms with Crippen molar-refractivity contribution in [2.24, 2.45) is 5.92 Å². The minimum Gasteiger partial charge on any atom is -0.337 e. The Hall–Kier alpha value is -0.870. The van der Waals surface area contributed by atoms with Crippen molar-refractivity contribution in [2.75, 3.05) is 26.2 Å². The SMILES string of the molecule is CCCNC(C)C1CCN(CCCn2ccnc2)CC1. The predicted octanol–water partition coefficient (Wildman–Crippen LogP) is 2.37. The van der Waals surface area contributed by atoms with Gasteiger partial charge in [-0.1, -0.05) is 6.92 Å². The van der Waals surface area contributed by atoms with Crippen molar-refractivity contribution in [3.05, 3.63) is 18.7 Å². The van der Waals surface area contributed by atoms with Crippen LogP contribution in [-0.2, 0) is 6.54 Å². The highest BCUT2D eigenvalue weighted by atomic mass is 15.1. The van der Waals surface area contributed by atoms with Gasteiger partial charge in [0, 0.05) is 25.0 Å². The van der Waals surface area contributed by atoms with Gasteiger partial charge in [-0.15, -0.1) is 0 Å². The summed E-state index contributed by atoms with van der Waals surface area (Å²) in [6.07, 6.45) is 11.0. The van der Waals surface area contributed by atoms with E-state index < -0.39 is 0 Å². The summed E-state index contributed by atoms with van der Waals surface area (Å²) in [5, 5.41) is 3.65. The Morgan fingerprint density at radius 3 is 2.75 bits per heavy atom. The van der Waals surface area contributed by atoms with E-state index in [1.165, 1.54) is 45.3 Å². The molecule has 1 aromatic rings. The fourth-order valence-corrected chi connectivity index (χ4v) is 3.11. The second-order valence-corrected chi connectivity index (χ2v) is 6.08. The number of nitrogens with zero attached hydrogens (tertiary/aromatic N) is 3. The van der Waals surface area contributed by atoms with E-state index in [4.69, 9.17) is 0 Å². The van der Waals surface area contributed by atoms with Crippen LogP contribution in [0.4, 0.5) is 0 Å². The van der Waals surface area contributed by atoms with Crippen LogP contribution in [0.25, 0.3) is 0 Å². The zero-order valence-corrected chi connectivity index (χ0v) is 13.1. The van der Waals surface area contributed by atoms with E-state index in [-0.39, 0.29) is 0 Å². The van der Waals surface area contributed by atoms with Gasteiger partial charge in [0.1, 0.15) is 0 Å². The molecule has 0 saturated carbocycles. The third kappa shape index (κ3) is 4.91. The van der Waals surface area contributed by atoms with Crippen LogP contribution in [-0.4, -0.2) is 46.7 Å². The maximum absolute atomic E-state index is 4.08. The summed E-state index contributed by atoms with van der Waals surface area (Å²) in [4.78, 5) is 6.71. The fraction of sp³-hybridized carbons (Fsp3) is 0.812. The van der Waals surface area contributed by atoms with Crippen LogP contribution in [0.5, 0.6) is 0 Å². The predicted molar refractivity (Wildman–Crippen MR) is 83.8 cm³/mol. The summed E-state index contributed by atoms with van der Waals surface area (Å²) in [6, 6.07) is 0.683. The number of rotatable bonds is 8. The van der Waals surface area contributed by atoms with Crippen LogP contribution in [0.1, 0.15) is 39.5 Å². The molecule has 0 bridgehead atoms. The van der Waals surface area contributed by atoms with Gasteiger partial charge in [0.15, 0.2) is 0 Å². The van der Waals surface area contributed by atoms with E-state index >= 15 is 0 Å². The monoisotopic (exact) mass is 278 g/mol. The molecular weight excluding hydrogens is 248 g/mol. The summed E-state index contributed by atoms with van der Waals surface area (Å²) in [7, 11) is 0. The molecule has 1 aromatic heterocycles. The molecule has 1 atom stereocenters. The number of aromatic nitrogens is 2. The van der Waals surface area contributed by atoms with Crippen molar-refractivity contribution >= 4 is 0 Å². The van der Waals surface area contributed by atoms with E-state index in [1.807, 2.05) is 18.7 Å². The molecule has 0 aromatic carbocycles. The second-order valence-electron chi connectivity index (χ2n) is 6.08. The summed E-state index contributed by atoms with van der Waals surface area (Å²) in [5.74, 6) is 0.867. The molecule has 1 aliphatic rings. The Labute approximate surface area is 123 Å². The van der Waals surface area contributed by atoms with Crippen molar-refractivity contribution < 1.29 is 0 Å². The zero-order valence-electron chi connectivity index (χ0n) is 13.1. The molecule has 1 aliphatic heterocycles. The van der Waals surface area contributed by atoms with E-state index in [1.54, 1.807) is 0 Å². The van der Waals surface area contributed by atoms with Crippen molar-refractivity contribution in [1.82, 2.24) is 19.8 Å². The lowest BCUT2D eigenvalue weighted by Crippen LogP contribution is -2.42. The first kappa shape index (κ1) is 15.5. The molecule has 2 heterocycles. The number of piperidine rings is 1. The number of hydrogen-bond acceptors (Lipinski definition) is 3. The lowest BCUT2D eigenvalue weighted by atomic mass is 9.90. The van der Waals surface area contributed by atoms with Crippen LogP contribution >= 0.6 is 0 Å². The highest BCUT2D eigenvalue weighted by Crippen LogP contribution is 2.20. The highest BCUT2D eigenvalue weighted by Gasteiger charge is 2.22. The average molecular weight is 278 g/mol. The molecule has 1 N–H and O–H groups in total. The van der Waals surface area contributed by atoms with Crippen LogP contribution in [0.2, 0.25) is 0 Å². The van der Waals surface area contributed by atoms with Gasteiger partial charge in [-0.05, 0) is 64.7 Å². The van der Waals surface area contributed by atoms with E-state index in [0.717, 1.165) is 19.0 Å². The number of hydrogen-bond donors (Lipinski definition) is 1. The molecule has 1 unspecified atom stereocenters. The summed E-state index contributed by atoms with van der Waals surface area (Å²) in [6.45, 7) is 10.6. The number of imidazole rings is 1. The molecular formula is C16H30N4. The Morgan fingerprint density at radius 1 is 1.30 bits per heavy atom. The van der Waals surface area contributed by atoms with Gasteiger partial charge in [0.25, 0.3) is 0 Å². The van der Waals surface area contributed by atoms with Crippen molar-refractivity contribution in [3.8, 4) is 0 Å². The van der Waals surface area contributed by atoms with Crippen molar-refractivity contribution in [1.29, 1.82) is 0 Å². The van der Waals surface area contributed by atoms with E-state index in [2.05, 4.69) is 33.6 Å². The first-order valence-corrected chi connectivity index (χ1v) is 8.21. The molecule has 0 aliphatic carbocycles. The lowest BCUT2D eigenvalue weighted by molar-refractivity contribution is 0.159. The Kier molecular flexibility index (Phi) is 6.54. The molecule has 20 heavy (non-hydrogen) atoms. The second kappa shape index (κ2) is 8.42. The Bertz CT molecular complexity index is 341. The molecule has 2 rings (SSSR count). The first-order valence-electron chi connectivity index (χ1n) is 8.21. The summed E-state index contributed by atoms with van der Waals surface area (Å²) in [5.41, 5.74) is 0. The smallest absolute Gasteiger partial charge is 0.0945 e. The first-order chi connectivity index (χ1) is 9.79. The minimum absolute atomic E-state index is 0.683. The van der Waals surface area contributed by atoms with E-state index in [9.17, 15) is 0 Å². The summed E-state index contributed by atoms with van der Waals surface area (Å²) >= 11 is 0.